The van der Waals surface area contributed by atoms with Crippen molar-refractivity contribution >= 4 is 11.8 Å². The second-order valence-electron chi connectivity index (χ2n) is 9.03. The van der Waals surface area contributed by atoms with Gasteiger partial charge in [-0.1, -0.05) is 48.5 Å². The van der Waals surface area contributed by atoms with E-state index in [0.717, 1.165) is 24.0 Å². The Morgan fingerprint density at radius 2 is 1.87 bits per heavy atom. The van der Waals surface area contributed by atoms with E-state index in [1.165, 1.54) is 5.56 Å². The third kappa shape index (κ3) is 3.86. The summed E-state index contributed by atoms with van der Waals surface area (Å²) in [5.74, 6) is -0.219. The summed E-state index contributed by atoms with van der Waals surface area (Å²) >= 11 is 0. The molecule has 2 amide bonds. The van der Waals surface area contributed by atoms with Crippen molar-refractivity contribution in [2.45, 2.75) is 37.8 Å². The predicted octanol–water partition coefficient (Wildman–Crippen LogP) is 2.75. The third-order valence-electron chi connectivity index (χ3n) is 6.76. The average Bonchev–Trinajstić information content (AvgIpc) is 3.10. The number of aryl methyl sites for hydroxylation is 1. The van der Waals surface area contributed by atoms with E-state index >= 15 is 0 Å². The van der Waals surface area contributed by atoms with E-state index in [4.69, 9.17) is 0 Å². The number of benzene rings is 2. The fourth-order valence-electron chi connectivity index (χ4n) is 4.99. The Labute approximate surface area is 179 Å². The van der Waals surface area contributed by atoms with Crippen LogP contribution >= 0.6 is 0 Å². The molecule has 4 rings (SSSR count). The van der Waals surface area contributed by atoms with Gasteiger partial charge in [0, 0.05) is 38.8 Å². The molecule has 2 aromatic carbocycles. The number of likely N-dealkylation sites (tertiary alicyclic amines) is 1. The molecule has 1 spiro atoms. The van der Waals surface area contributed by atoms with Crippen LogP contribution in [-0.4, -0.2) is 60.4 Å². The zero-order valence-corrected chi connectivity index (χ0v) is 18.1. The Balaban J connectivity index is 1.56. The maximum absolute atomic E-state index is 13.1. The lowest BCUT2D eigenvalue weighted by atomic mass is 9.77. The van der Waals surface area contributed by atoms with Crippen LogP contribution in [0.2, 0.25) is 0 Å². The molecule has 1 saturated heterocycles. The van der Waals surface area contributed by atoms with Gasteiger partial charge in [0.1, 0.15) is 0 Å². The van der Waals surface area contributed by atoms with Gasteiger partial charge in [-0.25, -0.2) is 0 Å². The highest BCUT2D eigenvalue weighted by Gasteiger charge is 2.54. The van der Waals surface area contributed by atoms with Crippen molar-refractivity contribution in [3.05, 3.63) is 71.3 Å². The molecule has 0 aromatic heterocycles. The van der Waals surface area contributed by atoms with Gasteiger partial charge in [0.05, 0.1) is 11.5 Å². The number of rotatable bonds is 5. The first kappa shape index (κ1) is 20.6. The molecule has 2 aliphatic heterocycles. The van der Waals surface area contributed by atoms with E-state index in [9.17, 15) is 9.59 Å². The standard InChI is InChI=1S/C25H31N3O2/c1-18(13-14-19-9-5-4-6-10-19)28-16-22(24(30)27(2)3)25(17-28)15-20-11-7-8-12-21(20)23(29)26-25/h4-12,18,22H,13-17H2,1-3H3,(H,26,29)/t18?,22-,25+/m0/s1. The molecule has 0 bridgehead atoms. The molecule has 5 heteroatoms. The highest BCUT2D eigenvalue weighted by Crippen LogP contribution is 2.37. The van der Waals surface area contributed by atoms with E-state index in [-0.39, 0.29) is 17.7 Å². The van der Waals surface area contributed by atoms with Crippen LogP contribution in [0.3, 0.4) is 0 Å². The smallest absolute Gasteiger partial charge is 0.252 e. The second-order valence-corrected chi connectivity index (χ2v) is 9.03. The van der Waals surface area contributed by atoms with Crippen molar-refractivity contribution < 1.29 is 9.59 Å². The van der Waals surface area contributed by atoms with Crippen molar-refractivity contribution in [3.8, 4) is 0 Å². The van der Waals surface area contributed by atoms with E-state index in [2.05, 4.69) is 41.4 Å². The Bertz CT molecular complexity index is 927. The topological polar surface area (TPSA) is 52.7 Å². The molecular weight excluding hydrogens is 374 g/mol. The molecule has 30 heavy (non-hydrogen) atoms. The number of nitrogens with one attached hydrogen (secondary N) is 1. The minimum atomic E-state index is -0.548. The van der Waals surface area contributed by atoms with Crippen LogP contribution < -0.4 is 5.32 Å². The van der Waals surface area contributed by atoms with Crippen LogP contribution in [0.25, 0.3) is 0 Å². The number of carbonyl (C=O) groups excluding carboxylic acids is 2. The first-order chi connectivity index (χ1) is 14.4. The molecule has 0 radical (unpaired) electrons. The molecular formula is C25H31N3O2. The van der Waals surface area contributed by atoms with Crippen molar-refractivity contribution in [3.63, 3.8) is 0 Å². The van der Waals surface area contributed by atoms with Crippen LogP contribution in [0.1, 0.15) is 34.8 Å². The normalized spacial score (nSPS) is 24.4. The summed E-state index contributed by atoms with van der Waals surface area (Å²) in [6.07, 6.45) is 2.72. The first-order valence-electron chi connectivity index (χ1n) is 10.8. The lowest BCUT2D eigenvalue weighted by Gasteiger charge is -2.40. The zero-order valence-electron chi connectivity index (χ0n) is 18.1. The Kier molecular flexibility index (Phi) is 5.65. The van der Waals surface area contributed by atoms with E-state index in [1.54, 1.807) is 19.0 Å². The summed E-state index contributed by atoms with van der Waals surface area (Å²) in [4.78, 5) is 30.1. The highest BCUT2D eigenvalue weighted by molar-refractivity contribution is 5.98. The van der Waals surface area contributed by atoms with Crippen molar-refractivity contribution in [1.82, 2.24) is 15.1 Å². The summed E-state index contributed by atoms with van der Waals surface area (Å²) < 4.78 is 0. The second kappa shape index (κ2) is 8.23. The highest BCUT2D eigenvalue weighted by atomic mass is 16.2. The summed E-state index contributed by atoms with van der Waals surface area (Å²) in [6, 6.07) is 18.6. The maximum atomic E-state index is 13.1. The van der Waals surface area contributed by atoms with Crippen LogP contribution in [-0.2, 0) is 17.6 Å². The van der Waals surface area contributed by atoms with Crippen molar-refractivity contribution in [1.29, 1.82) is 0 Å². The van der Waals surface area contributed by atoms with Gasteiger partial charge in [-0.15, -0.1) is 0 Å². The Morgan fingerprint density at radius 3 is 2.60 bits per heavy atom. The number of carbonyl (C=O) groups is 2. The van der Waals surface area contributed by atoms with Crippen LogP contribution in [0.15, 0.2) is 54.6 Å². The molecule has 2 aliphatic rings. The average molecular weight is 406 g/mol. The summed E-state index contributed by atoms with van der Waals surface area (Å²) in [7, 11) is 3.60. The number of hydrogen-bond donors (Lipinski definition) is 1. The van der Waals surface area contributed by atoms with Gasteiger partial charge in [0.2, 0.25) is 5.91 Å². The fourth-order valence-corrected chi connectivity index (χ4v) is 4.99. The Morgan fingerprint density at radius 1 is 1.17 bits per heavy atom. The van der Waals surface area contributed by atoms with Crippen LogP contribution in [0, 0.1) is 5.92 Å². The van der Waals surface area contributed by atoms with Crippen LogP contribution in [0.5, 0.6) is 0 Å². The zero-order chi connectivity index (χ0) is 21.3. The molecule has 2 heterocycles. The van der Waals surface area contributed by atoms with Crippen LogP contribution in [0.4, 0.5) is 0 Å². The molecule has 3 atom stereocenters. The molecule has 1 N–H and O–H groups in total. The molecule has 5 nitrogen and oxygen atoms in total. The molecule has 0 aliphatic carbocycles. The predicted molar refractivity (Wildman–Crippen MR) is 118 cm³/mol. The van der Waals surface area contributed by atoms with Gasteiger partial charge in [-0.3, -0.25) is 14.5 Å². The fraction of sp³-hybridized carbons (Fsp3) is 0.440. The van der Waals surface area contributed by atoms with Gasteiger partial charge in [-0.2, -0.15) is 0 Å². The maximum Gasteiger partial charge on any atom is 0.252 e. The summed E-state index contributed by atoms with van der Waals surface area (Å²) in [6.45, 7) is 3.61. The molecule has 1 fully saturated rings. The SMILES string of the molecule is CC(CCc1ccccc1)N1C[C@@H](C(=O)N(C)C)[C@@]2(Cc3ccccc3C(=O)N2)C1. The first-order valence-corrected chi connectivity index (χ1v) is 10.8. The van der Waals surface area contributed by atoms with Gasteiger partial charge in [-0.05, 0) is 43.4 Å². The van der Waals surface area contributed by atoms with E-state index in [1.807, 2.05) is 30.3 Å². The van der Waals surface area contributed by atoms with Gasteiger partial charge >= 0.3 is 0 Å². The molecule has 0 saturated carbocycles. The number of hydrogen-bond acceptors (Lipinski definition) is 3. The lowest BCUT2D eigenvalue weighted by Crippen LogP contribution is -2.61. The van der Waals surface area contributed by atoms with E-state index < -0.39 is 5.54 Å². The summed E-state index contributed by atoms with van der Waals surface area (Å²) in [5.41, 5.74) is 2.55. The molecule has 158 valence electrons. The van der Waals surface area contributed by atoms with Crippen molar-refractivity contribution in [2.75, 3.05) is 27.2 Å². The number of amides is 2. The largest absolute Gasteiger partial charge is 0.348 e. The monoisotopic (exact) mass is 405 g/mol. The van der Waals surface area contributed by atoms with Crippen molar-refractivity contribution in [2.24, 2.45) is 5.92 Å². The molecule has 1 unspecified atom stereocenters. The van der Waals surface area contributed by atoms with Gasteiger partial charge in [0.25, 0.3) is 5.91 Å². The number of nitrogens with zero attached hydrogens (tertiary/aromatic N) is 2. The summed E-state index contributed by atoms with van der Waals surface area (Å²) in [5, 5.41) is 3.26. The molecule has 2 aromatic rings. The van der Waals surface area contributed by atoms with Gasteiger partial charge < -0.3 is 10.2 Å². The third-order valence-corrected chi connectivity index (χ3v) is 6.76. The minimum absolute atomic E-state index is 0.0628. The lowest BCUT2D eigenvalue weighted by molar-refractivity contribution is -0.134. The number of fused-ring (bicyclic) bond motifs is 1. The van der Waals surface area contributed by atoms with E-state index in [0.29, 0.717) is 25.6 Å². The minimum Gasteiger partial charge on any atom is -0.348 e. The Hall–Kier alpha value is -2.66. The quantitative estimate of drug-likeness (QED) is 0.832. The van der Waals surface area contributed by atoms with Gasteiger partial charge in [0.15, 0.2) is 0 Å².